The molecule has 2 N–H and O–H groups in total. The Morgan fingerprint density at radius 1 is 1.17 bits per heavy atom. The minimum atomic E-state index is 0.668. The first-order chi connectivity index (χ1) is 5.66. The van der Waals surface area contributed by atoms with Crippen molar-refractivity contribution < 1.29 is 0 Å². The molecule has 0 saturated heterocycles. The second kappa shape index (κ2) is 2.80. The molecule has 0 saturated carbocycles. The van der Waals surface area contributed by atoms with Crippen LogP contribution in [0, 0.1) is 0 Å². The summed E-state index contributed by atoms with van der Waals surface area (Å²) < 4.78 is 1.73. The number of hydrogen-bond acceptors (Lipinski definition) is 2. The molecule has 2 rings (SSSR count). The van der Waals surface area contributed by atoms with Gasteiger partial charge in [-0.05, 0) is 23.6 Å². The van der Waals surface area contributed by atoms with E-state index in [1.165, 1.54) is 11.3 Å². The second-order valence-electron chi connectivity index (χ2n) is 2.47. The Hall–Kier alpha value is -0.440. The first kappa shape index (κ1) is 8.17. The van der Waals surface area contributed by atoms with Gasteiger partial charge in [-0.2, -0.15) is 0 Å². The topological polar surface area (TPSA) is 26.0 Å². The first-order valence-electron chi connectivity index (χ1n) is 3.31. The number of anilines is 1. The predicted molar refractivity (Wildman–Crippen MR) is 56.3 cm³/mol. The molecule has 0 aliphatic rings. The van der Waals surface area contributed by atoms with Crippen LogP contribution in [0.15, 0.2) is 18.2 Å². The van der Waals surface area contributed by atoms with Crippen molar-refractivity contribution in [2.45, 2.75) is 0 Å². The van der Waals surface area contributed by atoms with Crippen LogP contribution in [-0.4, -0.2) is 0 Å². The van der Waals surface area contributed by atoms with Gasteiger partial charge in [0.25, 0.3) is 0 Å². The minimum absolute atomic E-state index is 0.668. The van der Waals surface area contributed by atoms with E-state index in [9.17, 15) is 0 Å². The SMILES string of the molecule is Nc1cc(Cl)c2sc(Cl)cc2c1. The number of nitrogen functional groups attached to an aromatic ring is 1. The molecule has 0 unspecified atom stereocenters. The molecule has 1 aromatic heterocycles. The van der Waals surface area contributed by atoms with Gasteiger partial charge in [0, 0.05) is 5.69 Å². The van der Waals surface area contributed by atoms with E-state index < -0.39 is 0 Å². The van der Waals surface area contributed by atoms with Crippen molar-refractivity contribution in [1.82, 2.24) is 0 Å². The highest BCUT2D eigenvalue weighted by atomic mass is 35.5. The number of thiophene rings is 1. The molecule has 0 aliphatic heterocycles. The molecule has 1 nitrogen and oxygen atoms in total. The van der Waals surface area contributed by atoms with Crippen LogP contribution in [0.3, 0.4) is 0 Å². The highest BCUT2D eigenvalue weighted by molar-refractivity contribution is 7.23. The summed E-state index contributed by atoms with van der Waals surface area (Å²) in [7, 11) is 0. The fourth-order valence-corrected chi connectivity index (χ4v) is 2.57. The smallest absolute Gasteiger partial charge is 0.0941 e. The first-order valence-corrected chi connectivity index (χ1v) is 4.88. The van der Waals surface area contributed by atoms with Crippen molar-refractivity contribution in [2.24, 2.45) is 0 Å². The standard InChI is InChI=1S/C8H5Cl2NS/c9-6-3-5(11)1-4-2-7(10)12-8(4)6/h1-3H,11H2. The molecular formula is C8H5Cl2NS. The molecule has 2 aromatic rings. The zero-order valence-electron chi connectivity index (χ0n) is 5.97. The van der Waals surface area contributed by atoms with Crippen molar-refractivity contribution >= 4 is 50.3 Å². The van der Waals surface area contributed by atoms with Crippen molar-refractivity contribution in [3.05, 3.63) is 27.6 Å². The largest absolute Gasteiger partial charge is 0.399 e. The third kappa shape index (κ3) is 1.26. The molecule has 1 aromatic carbocycles. The van der Waals surface area contributed by atoms with Gasteiger partial charge in [0.15, 0.2) is 0 Å². The van der Waals surface area contributed by atoms with Crippen LogP contribution in [0.1, 0.15) is 0 Å². The number of fused-ring (bicyclic) bond motifs is 1. The van der Waals surface area contributed by atoms with Gasteiger partial charge in [-0.15, -0.1) is 11.3 Å². The van der Waals surface area contributed by atoms with Gasteiger partial charge in [0.1, 0.15) is 0 Å². The second-order valence-corrected chi connectivity index (χ2v) is 4.56. The number of hydrogen-bond donors (Lipinski definition) is 1. The number of rotatable bonds is 0. The van der Waals surface area contributed by atoms with Crippen LogP contribution in [0.25, 0.3) is 10.1 Å². The lowest BCUT2D eigenvalue weighted by molar-refractivity contribution is 1.78. The van der Waals surface area contributed by atoms with Crippen LogP contribution in [-0.2, 0) is 0 Å². The maximum Gasteiger partial charge on any atom is 0.0941 e. The Balaban J connectivity index is 2.88. The van der Waals surface area contributed by atoms with Gasteiger partial charge in [-0.25, -0.2) is 0 Å². The maximum atomic E-state index is 5.95. The Morgan fingerprint density at radius 2 is 1.92 bits per heavy atom. The highest BCUT2D eigenvalue weighted by Crippen LogP contribution is 2.35. The van der Waals surface area contributed by atoms with Gasteiger partial charge < -0.3 is 5.73 Å². The van der Waals surface area contributed by atoms with E-state index in [1.807, 2.05) is 12.1 Å². The average molecular weight is 218 g/mol. The normalized spacial score (nSPS) is 10.8. The van der Waals surface area contributed by atoms with Crippen LogP contribution < -0.4 is 5.73 Å². The van der Waals surface area contributed by atoms with Crippen molar-refractivity contribution in [2.75, 3.05) is 5.73 Å². The number of nitrogens with two attached hydrogens (primary N) is 1. The summed E-state index contributed by atoms with van der Waals surface area (Å²) in [5.41, 5.74) is 6.28. The van der Waals surface area contributed by atoms with E-state index in [0.717, 1.165) is 14.4 Å². The van der Waals surface area contributed by atoms with Gasteiger partial charge in [-0.1, -0.05) is 23.2 Å². The molecule has 0 amide bonds. The monoisotopic (exact) mass is 217 g/mol. The maximum absolute atomic E-state index is 5.95. The van der Waals surface area contributed by atoms with Gasteiger partial charge in [-0.3, -0.25) is 0 Å². The Morgan fingerprint density at radius 3 is 2.67 bits per heavy atom. The zero-order valence-corrected chi connectivity index (χ0v) is 8.30. The number of halogens is 2. The summed E-state index contributed by atoms with van der Waals surface area (Å²) in [6.07, 6.45) is 0. The van der Waals surface area contributed by atoms with Crippen molar-refractivity contribution in [1.29, 1.82) is 0 Å². The van der Waals surface area contributed by atoms with E-state index >= 15 is 0 Å². The third-order valence-corrected chi connectivity index (χ3v) is 3.29. The fraction of sp³-hybridized carbons (Fsp3) is 0. The molecule has 0 atom stereocenters. The summed E-state index contributed by atoms with van der Waals surface area (Å²) in [5, 5.41) is 1.68. The Labute approximate surface area is 83.7 Å². The molecule has 0 spiro atoms. The lowest BCUT2D eigenvalue weighted by atomic mass is 10.2. The predicted octanol–water partition coefficient (Wildman–Crippen LogP) is 3.79. The van der Waals surface area contributed by atoms with Crippen LogP contribution >= 0.6 is 34.5 Å². The minimum Gasteiger partial charge on any atom is -0.399 e. The Bertz CT molecular complexity index is 436. The van der Waals surface area contributed by atoms with Crippen LogP contribution in [0.4, 0.5) is 5.69 Å². The van der Waals surface area contributed by atoms with Crippen molar-refractivity contribution in [3.63, 3.8) is 0 Å². The fourth-order valence-electron chi connectivity index (χ4n) is 1.10. The molecule has 0 aliphatic carbocycles. The molecule has 0 radical (unpaired) electrons. The molecular weight excluding hydrogens is 213 g/mol. The quantitative estimate of drug-likeness (QED) is 0.669. The van der Waals surface area contributed by atoms with E-state index in [-0.39, 0.29) is 0 Å². The molecule has 0 bridgehead atoms. The highest BCUT2D eigenvalue weighted by Gasteiger charge is 2.04. The van der Waals surface area contributed by atoms with E-state index in [0.29, 0.717) is 10.7 Å². The molecule has 62 valence electrons. The molecule has 4 heteroatoms. The Kier molecular flexibility index (Phi) is 1.91. The molecule has 12 heavy (non-hydrogen) atoms. The zero-order chi connectivity index (χ0) is 8.72. The molecule has 1 heterocycles. The summed E-state index contributed by atoms with van der Waals surface area (Å²) in [6.45, 7) is 0. The van der Waals surface area contributed by atoms with Crippen LogP contribution in [0.2, 0.25) is 9.36 Å². The lowest BCUT2D eigenvalue weighted by Gasteiger charge is -1.95. The number of benzene rings is 1. The summed E-state index contributed by atoms with van der Waals surface area (Å²) in [5.74, 6) is 0. The van der Waals surface area contributed by atoms with Gasteiger partial charge in [0.2, 0.25) is 0 Å². The van der Waals surface area contributed by atoms with E-state index in [1.54, 1.807) is 6.07 Å². The van der Waals surface area contributed by atoms with E-state index in [2.05, 4.69) is 0 Å². The molecule has 0 fully saturated rings. The summed E-state index contributed by atoms with van der Waals surface area (Å²) >= 11 is 13.2. The summed E-state index contributed by atoms with van der Waals surface area (Å²) in [6, 6.07) is 5.46. The van der Waals surface area contributed by atoms with Gasteiger partial charge in [0.05, 0.1) is 14.1 Å². The van der Waals surface area contributed by atoms with E-state index in [4.69, 9.17) is 28.9 Å². The van der Waals surface area contributed by atoms with Crippen LogP contribution in [0.5, 0.6) is 0 Å². The summed E-state index contributed by atoms with van der Waals surface area (Å²) in [4.78, 5) is 0. The average Bonchev–Trinajstić information content (AvgIpc) is 2.29. The van der Waals surface area contributed by atoms with Crippen molar-refractivity contribution in [3.8, 4) is 0 Å². The van der Waals surface area contributed by atoms with Gasteiger partial charge >= 0.3 is 0 Å². The lowest BCUT2D eigenvalue weighted by Crippen LogP contribution is -1.82. The third-order valence-electron chi connectivity index (χ3n) is 1.56.